The molecule has 31 heavy (non-hydrogen) atoms. The molecule has 1 amide bonds. The molecule has 0 aliphatic heterocycles. The quantitative estimate of drug-likeness (QED) is 0.312. The molecule has 1 N–H and O–H groups in total. The summed E-state index contributed by atoms with van der Waals surface area (Å²) in [5, 5.41) is 14.8. The third-order valence-corrected chi connectivity index (χ3v) is 6.90. The van der Waals surface area contributed by atoms with E-state index in [9.17, 15) is 4.79 Å². The van der Waals surface area contributed by atoms with E-state index in [1.54, 1.807) is 0 Å². The minimum Gasteiger partial charge on any atom is -0.302 e. The van der Waals surface area contributed by atoms with Crippen LogP contribution in [-0.2, 0) is 11.3 Å². The number of nitrogens with one attached hydrogen (secondary N) is 1. The van der Waals surface area contributed by atoms with E-state index in [2.05, 4.69) is 56.3 Å². The van der Waals surface area contributed by atoms with Crippen LogP contribution in [0.3, 0.4) is 0 Å². The number of thioether (sulfide) groups is 1. The molecule has 0 aliphatic carbocycles. The second-order valence-electron chi connectivity index (χ2n) is 6.75. The summed E-state index contributed by atoms with van der Waals surface area (Å²) in [6, 6.07) is 16.0. The number of anilines is 1. The van der Waals surface area contributed by atoms with E-state index in [-0.39, 0.29) is 11.7 Å². The van der Waals surface area contributed by atoms with Crippen LogP contribution in [0.2, 0.25) is 0 Å². The van der Waals surface area contributed by atoms with Gasteiger partial charge >= 0.3 is 0 Å². The molecule has 2 aromatic carbocycles. The van der Waals surface area contributed by atoms with Gasteiger partial charge in [0.25, 0.3) is 0 Å². The number of carbonyl (C=O) groups excluding carboxylic acids is 1. The Balaban J connectivity index is 1.41. The summed E-state index contributed by atoms with van der Waals surface area (Å²) < 4.78 is 3.05. The molecule has 158 valence electrons. The standard InChI is InChI=1S/C22H20BrN5OS2/c1-3-28-20(17-7-5-4-6-14(17)2)26-27-22(28)31-13-19(29)25-21-24-18(12-30-21)15-8-10-16(23)11-9-15/h4-12H,3,13H2,1-2H3,(H,24,25,29). The van der Waals surface area contributed by atoms with E-state index in [0.717, 1.165) is 44.4 Å². The van der Waals surface area contributed by atoms with Crippen molar-refractivity contribution in [3.63, 3.8) is 0 Å². The number of hydrogen-bond acceptors (Lipinski definition) is 6. The summed E-state index contributed by atoms with van der Waals surface area (Å²) >= 11 is 6.22. The first-order chi connectivity index (χ1) is 15.0. The molecule has 0 spiro atoms. The molecule has 0 atom stereocenters. The van der Waals surface area contributed by atoms with Crippen LogP contribution >= 0.6 is 39.0 Å². The SMILES string of the molecule is CCn1c(SCC(=O)Nc2nc(-c3ccc(Br)cc3)cs2)nnc1-c1ccccc1C. The van der Waals surface area contributed by atoms with Gasteiger partial charge in [0.2, 0.25) is 5.91 Å². The van der Waals surface area contributed by atoms with Crippen LogP contribution in [0.1, 0.15) is 12.5 Å². The van der Waals surface area contributed by atoms with Crippen molar-refractivity contribution in [1.29, 1.82) is 0 Å². The Morgan fingerprint density at radius 3 is 2.68 bits per heavy atom. The maximum absolute atomic E-state index is 12.5. The molecule has 0 aliphatic rings. The summed E-state index contributed by atoms with van der Waals surface area (Å²) in [6.45, 7) is 4.83. The van der Waals surface area contributed by atoms with Crippen molar-refractivity contribution in [2.24, 2.45) is 0 Å². The fourth-order valence-electron chi connectivity index (χ4n) is 3.07. The average Bonchev–Trinajstić information content (AvgIpc) is 3.40. The smallest absolute Gasteiger partial charge is 0.236 e. The van der Waals surface area contributed by atoms with E-state index < -0.39 is 0 Å². The topological polar surface area (TPSA) is 72.7 Å². The number of aryl methyl sites for hydroxylation is 1. The molecule has 0 radical (unpaired) electrons. The van der Waals surface area contributed by atoms with Crippen LogP contribution in [0.25, 0.3) is 22.6 Å². The number of aromatic nitrogens is 4. The minimum atomic E-state index is -0.121. The van der Waals surface area contributed by atoms with Gasteiger partial charge in [-0.2, -0.15) is 0 Å². The first-order valence-corrected chi connectivity index (χ1v) is 12.3. The molecular formula is C22H20BrN5OS2. The maximum Gasteiger partial charge on any atom is 0.236 e. The highest BCUT2D eigenvalue weighted by Gasteiger charge is 2.16. The normalized spacial score (nSPS) is 10.9. The number of nitrogens with zero attached hydrogens (tertiary/aromatic N) is 4. The van der Waals surface area contributed by atoms with Crippen LogP contribution in [0.15, 0.2) is 63.5 Å². The monoisotopic (exact) mass is 513 g/mol. The highest BCUT2D eigenvalue weighted by atomic mass is 79.9. The predicted octanol–water partition coefficient (Wildman–Crippen LogP) is 5.89. The minimum absolute atomic E-state index is 0.121. The largest absolute Gasteiger partial charge is 0.302 e. The molecule has 0 saturated heterocycles. The van der Waals surface area contributed by atoms with Gasteiger partial charge in [0.1, 0.15) is 0 Å². The van der Waals surface area contributed by atoms with Gasteiger partial charge in [-0.25, -0.2) is 4.98 Å². The lowest BCUT2D eigenvalue weighted by Gasteiger charge is -2.09. The van der Waals surface area contributed by atoms with E-state index >= 15 is 0 Å². The van der Waals surface area contributed by atoms with Gasteiger partial charge in [0, 0.05) is 27.5 Å². The fourth-order valence-corrected chi connectivity index (χ4v) is 4.88. The van der Waals surface area contributed by atoms with Crippen molar-refractivity contribution in [2.45, 2.75) is 25.5 Å². The Morgan fingerprint density at radius 1 is 1.16 bits per heavy atom. The molecule has 9 heteroatoms. The van der Waals surface area contributed by atoms with Crippen molar-refractivity contribution in [3.05, 3.63) is 63.9 Å². The van der Waals surface area contributed by atoms with Gasteiger partial charge < -0.3 is 9.88 Å². The molecule has 0 fully saturated rings. The number of carbonyl (C=O) groups is 1. The Bertz CT molecular complexity index is 1200. The molecule has 0 saturated carbocycles. The molecular weight excluding hydrogens is 494 g/mol. The van der Waals surface area contributed by atoms with Crippen LogP contribution in [0, 0.1) is 6.92 Å². The van der Waals surface area contributed by atoms with Gasteiger partial charge in [-0.15, -0.1) is 21.5 Å². The summed E-state index contributed by atoms with van der Waals surface area (Å²) in [4.78, 5) is 17.0. The van der Waals surface area contributed by atoms with E-state index in [0.29, 0.717) is 5.13 Å². The molecule has 0 bridgehead atoms. The second kappa shape index (κ2) is 9.76. The van der Waals surface area contributed by atoms with Crippen molar-refractivity contribution < 1.29 is 4.79 Å². The molecule has 2 aromatic heterocycles. The molecule has 2 heterocycles. The maximum atomic E-state index is 12.5. The highest BCUT2D eigenvalue weighted by molar-refractivity contribution is 9.10. The number of hydrogen-bond donors (Lipinski definition) is 1. The zero-order valence-electron chi connectivity index (χ0n) is 17.0. The van der Waals surface area contributed by atoms with Gasteiger partial charge in [0.15, 0.2) is 16.1 Å². The Kier molecular flexibility index (Phi) is 6.84. The first kappa shape index (κ1) is 21.7. The van der Waals surface area contributed by atoms with Gasteiger partial charge in [-0.05, 0) is 31.5 Å². The predicted molar refractivity (Wildman–Crippen MR) is 130 cm³/mol. The third kappa shape index (κ3) is 5.06. The average molecular weight is 514 g/mol. The number of halogens is 1. The molecule has 4 rings (SSSR count). The number of thiazole rings is 1. The second-order valence-corrected chi connectivity index (χ2v) is 9.46. The lowest BCUT2D eigenvalue weighted by molar-refractivity contribution is -0.113. The summed E-state index contributed by atoms with van der Waals surface area (Å²) in [6.07, 6.45) is 0. The van der Waals surface area contributed by atoms with Crippen molar-refractivity contribution >= 4 is 50.1 Å². The molecule has 4 aromatic rings. The number of amides is 1. The zero-order chi connectivity index (χ0) is 21.8. The van der Waals surface area contributed by atoms with E-state index in [4.69, 9.17) is 0 Å². The van der Waals surface area contributed by atoms with Gasteiger partial charge in [-0.3, -0.25) is 4.79 Å². The molecule has 0 unspecified atom stereocenters. The Morgan fingerprint density at radius 2 is 1.94 bits per heavy atom. The summed E-state index contributed by atoms with van der Waals surface area (Å²) in [7, 11) is 0. The van der Waals surface area contributed by atoms with E-state index in [1.807, 2.05) is 52.4 Å². The van der Waals surface area contributed by atoms with E-state index in [1.165, 1.54) is 23.1 Å². The van der Waals surface area contributed by atoms with Crippen LogP contribution < -0.4 is 5.32 Å². The van der Waals surface area contributed by atoms with Crippen LogP contribution in [0.4, 0.5) is 5.13 Å². The molecule has 6 nitrogen and oxygen atoms in total. The number of rotatable bonds is 7. The highest BCUT2D eigenvalue weighted by Crippen LogP contribution is 2.28. The van der Waals surface area contributed by atoms with Crippen molar-refractivity contribution in [3.8, 4) is 22.6 Å². The van der Waals surface area contributed by atoms with Crippen LogP contribution in [0.5, 0.6) is 0 Å². The Labute approximate surface area is 197 Å². The third-order valence-electron chi connectivity index (χ3n) is 4.64. The van der Waals surface area contributed by atoms with Gasteiger partial charge in [-0.1, -0.05) is 64.1 Å². The van der Waals surface area contributed by atoms with Crippen molar-refractivity contribution in [2.75, 3.05) is 11.1 Å². The summed E-state index contributed by atoms with van der Waals surface area (Å²) in [5.74, 6) is 0.936. The van der Waals surface area contributed by atoms with Crippen molar-refractivity contribution in [1.82, 2.24) is 19.7 Å². The van der Waals surface area contributed by atoms with Gasteiger partial charge in [0.05, 0.1) is 11.4 Å². The summed E-state index contributed by atoms with van der Waals surface area (Å²) in [5.41, 5.74) is 4.05. The zero-order valence-corrected chi connectivity index (χ0v) is 20.2. The van der Waals surface area contributed by atoms with Crippen LogP contribution in [-0.4, -0.2) is 31.4 Å². The first-order valence-electron chi connectivity index (χ1n) is 9.68. The number of benzene rings is 2. The lowest BCUT2D eigenvalue weighted by atomic mass is 10.1. The fraction of sp³-hybridized carbons (Fsp3) is 0.182. The lowest BCUT2D eigenvalue weighted by Crippen LogP contribution is -2.14. The Hall–Kier alpha value is -2.49.